The maximum Gasteiger partial charge on any atom is 0.340 e. The van der Waals surface area contributed by atoms with Crippen molar-refractivity contribution in [3.05, 3.63) is 28.0 Å². The monoisotopic (exact) mass is 255 g/mol. The van der Waals surface area contributed by atoms with Crippen LogP contribution in [0.4, 0.5) is 0 Å². The van der Waals surface area contributed by atoms with E-state index >= 15 is 0 Å². The Bertz CT molecular complexity index is 374. The summed E-state index contributed by atoms with van der Waals surface area (Å²) in [5.41, 5.74) is 1.54. The zero-order chi connectivity index (χ0) is 10.1. The van der Waals surface area contributed by atoms with Crippen LogP contribution in [0.2, 0.25) is 0 Å². The molecule has 1 saturated carbocycles. The first-order chi connectivity index (χ1) is 6.72. The predicted octanol–water partition coefficient (Wildman–Crippen LogP) is 2.51. The Morgan fingerprint density at radius 3 is 2.86 bits per heavy atom. The Hall–Kier alpha value is -0.900. The number of halogens is 1. The molecule has 0 spiro atoms. The molecule has 0 N–H and O–H groups in total. The molecule has 1 aromatic heterocycles. The molecule has 1 heterocycles. The number of ether oxygens (including phenoxy) is 1. The maximum absolute atomic E-state index is 11.2. The lowest BCUT2D eigenvalue weighted by atomic mass is 10.2. The van der Waals surface area contributed by atoms with E-state index in [-0.39, 0.29) is 5.97 Å². The van der Waals surface area contributed by atoms with Gasteiger partial charge in [0.2, 0.25) is 0 Å². The number of methoxy groups -OCH3 is 1. The number of hydrogen-bond acceptors (Lipinski definition) is 3. The van der Waals surface area contributed by atoms with Crippen molar-refractivity contribution in [3.63, 3.8) is 0 Å². The summed E-state index contributed by atoms with van der Waals surface area (Å²) in [7, 11) is 1.36. The number of esters is 1. The minimum atomic E-state index is -0.355. The van der Waals surface area contributed by atoms with Gasteiger partial charge in [0, 0.05) is 22.3 Å². The molecule has 14 heavy (non-hydrogen) atoms. The SMILES string of the molecule is COC(=O)c1cnc(C2CC2)cc1Br. The van der Waals surface area contributed by atoms with E-state index in [0.717, 1.165) is 10.2 Å². The number of pyridine rings is 1. The third-order valence-electron chi connectivity index (χ3n) is 2.28. The van der Waals surface area contributed by atoms with Crippen molar-refractivity contribution in [3.8, 4) is 0 Å². The van der Waals surface area contributed by atoms with Gasteiger partial charge in [0.1, 0.15) is 0 Å². The lowest BCUT2D eigenvalue weighted by Gasteiger charge is -2.03. The normalized spacial score (nSPS) is 15.3. The van der Waals surface area contributed by atoms with Crippen LogP contribution in [0.15, 0.2) is 16.7 Å². The maximum atomic E-state index is 11.2. The first kappa shape index (κ1) is 9.65. The van der Waals surface area contributed by atoms with E-state index in [2.05, 4.69) is 25.7 Å². The van der Waals surface area contributed by atoms with Gasteiger partial charge in [0.15, 0.2) is 0 Å². The molecular weight excluding hydrogens is 246 g/mol. The van der Waals surface area contributed by atoms with Gasteiger partial charge in [-0.15, -0.1) is 0 Å². The number of hydrogen-bond donors (Lipinski definition) is 0. The van der Waals surface area contributed by atoms with Crippen LogP contribution in [0.5, 0.6) is 0 Å². The van der Waals surface area contributed by atoms with Gasteiger partial charge >= 0.3 is 5.97 Å². The molecule has 0 radical (unpaired) electrons. The molecule has 4 heteroatoms. The second-order valence-corrected chi connectivity index (χ2v) is 4.21. The van der Waals surface area contributed by atoms with E-state index in [1.165, 1.54) is 20.0 Å². The minimum Gasteiger partial charge on any atom is -0.465 e. The Morgan fingerprint density at radius 2 is 2.36 bits per heavy atom. The third kappa shape index (κ3) is 1.80. The molecule has 2 rings (SSSR count). The Kier molecular flexibility index (Phi) is 2.54. The smallest absolute Gasteiger partial charge is 0.340 e. The molecule has 0 aromatic carbocycles. The highest BCUT2D eigenvalue weighted by Gasteiger charge is 2.26. The molecule has 0 amide bonds. The van der Waals surface area contributed by atoms with E-state index in [1.54, 1.807) is 6.20 Å². The largest absolute Gasteiger partial charge is 0.465 e. The summed E-state index contributed by atoms with van der Waals surface area (Å²) in [4.78, 5) is 15.5. The van der Waals surface area contributed by atoms with Gasteiger partial charge in [-0.05, 0) is 34.8 Å². The number of aromatic nitrogens is 1. The van der Waals surface area contributed by atoms with Crippen molar-refractivity contribution < 1.29 is 9.53 Å². The average Bonchev–Trinajstić information content (AvgIpc) is 3.00. The van der Waals surface area contributed by atoms with Gasteiger partial charge in [-0.2, -0.15) is 0 Å². The van der Waals surface area contributed by atoms with Crippen molar-refractivity contribution in [1.82, 2.24) is 4.98 Å². The zero-order valence-corrected chi connectivity index (χ0v) is 9.37. The van der Waals surface area contributed by atoms with Gasteiger partial charge in [-0.1, -0.05) is 0 Å². The summed E-state index contributed by atoms with van der Waals surface area (Å²) in [5, 5.41) is 0. The Labute approximate surface area is 90.6 Å². The molecule has 1 aliphatic carbocycles. The summed E-state index contributed by atoms with van der Waals surface area (Å²) in [5.74, 6) is 0.240. The molecule has 3 nitrogen and oxygen atoms in total. The van der Waals surface area contributed by atoms with Gasteiger partial charge < -0.3 is 4.74 Å². The highest BCUT2D eigenvalue weighted by Crippen LogP contribution is 2.39. The van der Waals surface area contributed by atoms with Crippen molar-refractivity contribution in [2.24, 2.45) is 0 Å². The number of carbonyl (C=O) groups excluding carboxylic acids is 1. The van der Waals surface area contributed by atoms with Crippen molar-refractivity contribution in [2.45, 2.75) is 18.8 Å². The van der Waals surface area contributed by atoms with Gasteiger partial charge in [0.05, 0.1) is 12.7 Å². The number of carbonyl (C=O) groups is 1. The van der Waals surface area contributed by atoms with Crippen LogP contribution in [0, 0.1) is 0 Å². The van der Waals surface area contributed by atoms with E-state index in [1.807, 2.05) is 6.07 Å². The minimum absolute atomic E-state index is 0.355. The lowest BCUT2D eigenvalue weighted by molar-refractivity contribution is 0.0599. The van der Waals surface area contributed by atoms with Gasteiger partial charge in [-0.25, -0.2) is 4.79 Å². The number of rotatable bonds is 2. The summed E-state index contributed by atoms with van der Waals surface area (Å²) in [6, 6.07) is 1.91. The highest BCUT2D eigenvalue weighted by atomic mass is 79.9. The average molecular weight is 256 g/mol. The molecule has 0 aliphatic heterocycles. The Balaban J connectivity index is 2.30. The van der Waals surface area contributed by atoms with Crippen LogP contribution < -0.4 is 0 Å². The van der Waals surface area contributed by atoms with Crippen LogP contribution in [-0.4, -0.2) is 18.1 Å². The van der Waals surface area contributed by atoms with Crippen LogP contribution in [-0.2, 0) is 4.74 Å². The topological polar surface area (TPSA) is 39.2 Å². The molecule has 74 valence electrons. The fourth-order valence-corrected chi connectivity index (χ4v) is 1.81. The molecule has 0 saturated heterocycles. The van der Waals surface area contributed by atoms with Crippen LogP contribution in [0.25, 0.3) is 0 Å². The fourth-order valence-electron chi connectivity index (χ4n) is 1.31. The Morgan fingerprint density at radius 1 is 1.64 bits per heavy atom. The molecule has 1 aliphatic rings. The molecule has 0 bridgehead atoms. The first-order valence-electron chi connectivity index (χ1n) is 4.46. The standard InChI is InChI=1S/C10H10BrNO2/c1-14-10(13)7-5-12-9(4-8(7)11)6-2-3-6/h4-6H,2-3H2,1H3. The van der Waals surface area contributed by atoms with E-state index in [4.69, 9.17) is 0 Å². The highest BCUT2D eigenvalue weighted by molar-refractivity contribution is 9.10. The summed E-state index contributed by atoms with van der Waals surface area (Å²) in [6.45, 7) is 0. The van der Waals surface area contributed by atoms with Gasteiger partial charge in [-0.3, -0.25) is 4.98 Å². The van der Waals surface area contributed by atoms with Crippen molar-refractivity contribution >= 4 is 21.9 Å². The lowest BCUT2D eigenvalue weighted by Crippen LogP contribution is -2.03. The summed E-state index contributed by atoms with van der Waals surface area (Å²) < 4.78 is 5.39. The zero-order valence-electron chi connectivity index (χ0n) is 7.79. The first-order valence-corrected chi connectivity index (χ1v) is 5.25. The molecule has 1 fully saturated rings. The second kappa shape index (κ2) is 3.69. The molecule has 0 unspecified atom stereocenters. The van der Waals surface area contributed by atoms with Crippen LogP contribution >= 0.6 is 15.9 Å². The van der Waals surface area contributed by atoms with Crippen molar-refractivity contribution in [2.75, 3.05) is 7.11 Å². The quantitative estimate of drug-likeness (QED) is 0.763. The summed E-state index contributed by atoms with van der Waals surface area (Å²) in [6.07, 6.45) is 3.98. The molecule has 1 aromatic rings. The predicted molar refractivity (Wildman–Crippen MR) is 55.3 cm³/mol. The van der Waals surface area contributed by atoms with E-state index in [9.17, 15) is 4.79 Å². The fraction of sp³-hybridized carbons (Fsp3) is 0.400. The molecular formula is C10H10BrNO2. The van der Waals surface area contributed by atoms with Crippen molar-refractivity contribution in [1.29, 1.82) is 0 Å². The van der Waals surface area contributed by atoms with Crippen LogP contribution in [0.1, 0.15) is 34.8 Å². The second-order valence-electron chi connectivity index (χ2n) is 3.35. The summed E-state index contributed by atoms with van der Waals surface area (Å²) >= 11 is 3.34. The van der Waals surface area contributed by atoms with Crippen LogP contribution in [0.3, 0.4) is 0 Å². The third-order valence-corrected chi connectivity index (χ3v) is 2.93. The molecule has 0 atom stereocenters. The van der Waals surface area contributed by atoms with Gasteiger partial charge in [0.25, 0.3) is 0 Å². The number of nitrogens with zero attached hydrogens (tertiary/aromatic N) is 1. The van der Waals surface area contributed by atoms with E-state index in [0.29, 0.717) is 11.5 Å². The van der Waals surface area contributed by atoms with E-state index < -0.39 is 0 Å².